The Kier molecular flexibility index (Phi) is 2.05. The van der Waals surface area contributed by atoms with Crippen LogP contribution in [-0.4, -0.2) is 10.7 Å². The van der Waals surface area contributed by atoms with Crippen molar-refractivity contribution in [1.82, 2.24) is 0 Å². The van der Waals surface area contributed by atoms with Crippen LogP contribution in [0.5, 0.6) is 11.5 Å². The van der Waals surface area contributed by atoms with Crippen molar-refractivity contribution in [1.29, 1.82) is 0 Å². The third kappa shape index (κ3) is 1.57. The summed E-state index contributed by atoms with van der Waals surface area (Å²) in [5, 5.41) is 10.6. The SMILES string of the molecule is CC1(C)C=Cc2c(O)cc3oc(=O)ccc3c2O1. The summed E-state index contributed by atoms with van der Waals surface area (Å²) < 4.78 is 10.9. The van der Waals surface area contributed by atoms with Crippen molar-refractivity contribution in [2.24, 2.45) is 0 Å². The molecule has 0 fully saturated rings. The summed E-state index contributed by atoms with van der Waals surface area (Å²) in [5.41, 5.74) is 0.0251. The molecule has 1 aromatic carbocycles. The lowest BCUT2D eigenvalue weighted by Crippen LogP contribution is -2.27. The molecule has 2 aromatic rings. The average Bonchev–Trinajstić information content (AvgIpc) is 2.27. The number of hydrogen-bond donors (Lipinski definition) is 1. The first-order chi connectivity index (χ1) is 8.46. The standard InChI is InChI=1S/C14H12O4/c1-14(2)6-5-8-10(15)7-11-9(13(8)18-14)3-4-12(16)17-11/h3-7,15H,1-2H3. The van der Waals surface area contributed by atoms with E-state index in [0.717, 1.165) is 0 Å². The van der Waals surface area contributed by atoms with Crippen LogP contribution in [0.2, 0.25) is 0 Å². The minimum atomic E-state index is -0.455. The molecule has 3 rings (SSSR count). The lowest BCUT2D eigenvalue weighted by atomic mass is 10.00. The molecule has 1 N–H and O–H groups in total. The molecule has 0 unspecified atom stereocenters. The van der Waals surface area contributed by atoms with Crippen LogP contribution in [0.25, 0.3) is 17.0 Å². The maximum atomic E-state index is 11.2. The molecule has 4 nitrogen and oxygen atoms in total. The number of rotatable bonds is 0. The zero-order chi connectivity index (χ0) is 12.9. The van der Waals surface area contributed by atoms with Crippen LogP contribution in [0.4, 0.5) is 0 Å². The Labute approximate surface area is 103 Å². The van der Waals surface area contributed by atoms with Crippen molar-refractivity contribution < 1.29 is 14.3 Å². The number of phenols is 1. The Morgan fingerprint density at radius 3 is 2.83 bits per heavy atom. The molecule has 92 valence electrons. The van der Waals surface area contributed by atoms with E-state index in [0.29, 0.717) is 22.3 Å². The second-order valence-electron chi connectivity index (χ2n) is 4.84. The quantitative estimate of drug-likeness (QED) is 0.724. The number of ether oxygens (including phenoxy) is 1. The van der Waals surface area contributed by atoms with Crippen molar-refractivity contribution >= 4 is 17.0 Å². The van der Waals surface area contributed by atoms with Gasteiger partial charge in [-0.2, -0.15) is 0 Å². The molecule has 0 bridgehead atoms. The van der Waals surface area contributed by atoms with Gasteiger partial charge in [-0.1, -0.05) is 0 Å². The first-order valence-corrected chi connectivity index (χ1v) is 5.64. The van der Waals surface area contributed by atoms with Gasteiger partial charge in [0.25, 0.3) is 0 Å². The summed E-state index contributed by atoms with van der Waals surface area (Å²) in [6, 6.07) is 4.42. The number of hydrogen-bond acceptors (Lipinski definition) is 4. The highest BCUT2D eigenvalue weighted by Gasteiger charge is 2.25. The fourth-order valence-electron chi connectivity index (χ4n) is 2.04. The number of benzene rings is 1. The van der Waals surface area contributed by atoms with Crippen LogP contribution in [0, 0.1) is 0 Å². The highest BCUT2D eigenvalue weighted by molar-refractivity contribution is 5.91. The molecule has 0 amide bonds. The van der Waals surface area contributed by atoms with E-state index in [9.17, 15) is 9.90 Å². The molecule has 0 aliphatic carbocycles. The number of phenolic OH excluding ortho intramolecular Hbond substituents is 1. The van der Waals surface area contributed by atoms with Gasteiger partial charge in [0.1, 0.15) is 22.7 Å². The van der Waals surface area contributed by atoms with Crippen molar-refractivity contribution in [2.45, 2.75) is 19.4 Å². The maximum Gasteiger partial charge on any atom is 0.336 e. The normalized spacial score (nSPS) is 16.3. The summed E-state index contributed by atoms with van der Waals surface area (Å²) in [6.45, 7) is 3.84. The Bertz CT molecular complexity index is 722. The van der Waals surface area contributed by atoms with Gasteiger partial charge in [0.2, 0.25) is 0 Å². The van der Waals surface area contributed by atoms with Gasteiger partial charge in [-0.25, -0.2) is 4.79 Å². The van der Waals surface area contributed by atoms with Gasteiger partial charge >= 0.3 is 5.63 Å². The molecular formula is C14H12O4. The largest absolute Gasteiger partial charge is 0.507 e. The zero-order valence-corrected chi connectivity index (χ0v) is 10.1. The lowest BCUT2D eigenvalue weighted by molar-refractivity contribution is 0.160. The Hall–Kier alpha value is -2.23. The van der Waals surface area contributed by atoms with Gasteiger partial charge in [0, 0.05) is 12.1 Å². The maximum absolute atomic E-state index is 11.2. The van der Waals surface area contributed by atoms with Crippen molar-refractivity contribution in [2.75, 3.05) is 0 Å². The van der Waals surface area contributed by atoms with E-state index < -0.39 is 11.2 Å². The van der Waals surface area contributed by atoms with E-state index in [2.05, 4.69) is 0 Å². The van der Waals surface area contributed by atoms with Crippen LogP contribution >= 0.6 is 0 Å². The highest BCUT2D eigenvalue weighted by Crippen LogP contribution is 2.41. The summed E-state index contributed by atoms with van der Waals surface area (Å²) in [5.74, 6) is 0.583. The smallest absolute Gasteiger partial charge is 0.336 e. The molecule has 2 heterocycles. The van der Waals surface area contributed by atoms with Gasteiger partial charge in [0.15, 0.2) is 0 Å². The molecule has 1 aromatic heterocycles. The van der Waals surface area contributed by atoms with E-state index in [1.807, 2.05) is 26.0 Å². The minimum Gasteiger partial charge on any atom is -0.507 e. The predicted molar refractivity (Wildman–Crippen MR) is 67.9 cm³/mol. The van der Waals surface area contributed by atoms with Crippen LogP contribution in [0.3, 0.4) is 0 Å². The van der Waals surface area contributed by atoms with E-state index in [1.165, 1.54) is 12.1 Å². The zero-order valence-electron chi connectivity index (χ0n) is 10.1. The van der Waals surface area contributed by atoms with Crippen molar-refractivity contribution in [3.63, 3.8) is 0 Å². The fourth-order valence-corrected chi connectivity index (χ4v) is 2.04. The molecule has 1 aliphatic rings. The fraction of sp³-hybridized carbons (Fsp3) is 0.214. The Morgan fingerprint density at radius 1 is 1.28 bits per heavy atom. The molecular weight excluding hydrogens is 232 g/mol. The van der Waals surface area contributed by atoms with Gasteiger partial charge in [-0.05, 0) is 32.1 Å². The van der Waals surface area contributed by atoms with Crippen LogP contribution in [-0.2, 0) is 0 Å². The molecule has 0 atom stereocenters. The minimum absolute atomic E-state index is 0.0404. The number of fused-ring (bicyclic) bond motifs is 3. The molecule has 0 saturated heterocycles. The second kappa shape index (κ2) is 3.38. The number of aromatic hydroxyl groups is 1. The van der Waals surface area contributed by atoms with Crippen LogP contribution in [0.15, 0.2) is 33.5 Å². The van der Waals surface area contributed by atoms with E-state index in [4.69, 9.17) is 9.15 Å². The van der Waals surface area contributed by atoms with E-state index in [-0.39, 0.29) is 5.75 Å². The van der Waals surface area contributed by atoms with Gasteiger partial charge in [-0.3, -0.25) is 0 Å². The highest BCUT2D eigenvalue weighted by atomic mass is 16.5. The van der Waals surface area contributed by atoms with Crippen LogP contribution < -0.4 is 10.4 Å². The second-order valence-corrected chi connectivity index (χ2v) is 4.84. The van der Waals surface area contributed by atoms with Gasteiger partial charge in [-0.15, -0.1) is 0 Å². The Morgan fingerprint density at radius 2 is 2.06 bits per heavy atom. The predicted octanol–water partition coefficient (Wildman–Crippen LogP) is 2.68. The van der Waals surface area contributed by atoms with Crippen molar-refractivity contribution in [3.05, 3.63) is 40.3 Å². The molecule has 0 radical (unpaired) electrons. The lowest BCUT2D eigenvalue weighted by Gasteiger charge is -2.28. The molecule has 0 spiro atoms. The van der Waals surface area contributed by atoms with E-state index >= 15 is 0 Å². The first-order valence-electron chi connectivity index (χ1n) is 5.64. The summed E-state index contributed by atoms with van der Waals surface area (Å²) >= 11 is 0. The molecule has 4 heteroatoms. The third-order valence-corrected chi connectivity index (χ3v) is 2.91. The molecule has 18 heavy (non-hydrogen) atoms. The molecule has 1 aliphatic heterocycles. The summed E-state index contributed by atoms with van der Waals surface area (Å²) in [4.78, 5) is 11.2. The first kappa shape index (κ1) is 10.9. The van der Waals surface area contributed by atoms with Crippen LogP contribution in [0.1, 0.15) is 19.4 Å². The summed E-state index contributed by atoms with van der Waals surface area (Å²) in [6.07, 6.45) is 3.69. The third-order valence-electron chi connectivity index (χ3n) is 2.91. The summed E-state index contributed by atoms with van der Waals surface area (Å²) in [7, 11) is 0. The van der Waals surface area contributed by atoms with E-state index in [1.54, 1.807) is 6.07 Å². The molecule has 0 saturated carbocycles. The van der Waals surface area contributed by atoms with Gasteiger partial charge in [0.05, 0.1) is 10.9 Å². The van der Waals surface area contributed by atoms with Crippen molar-refractivity contribution in [3.8, 4) is 11.5 Å². The average molecular weight is 244 g/mol. The monoisotopic (exact) mass is 244 g/mol. The van der Waals surface area contributed by atoms with Gasteiger partial charge < -0.3 is 14.3 Å². The Balaban J connectivity index is 2.40. The topological polar surface area (TPSA) is 59.7 Å².